The second kappa shape index (κ2) is 11.1. The first-order valence-corrected chi connectivity index (χ1v) is 15.5. The van der Waals surface area contributed by atoms with Crippen LogP contribution in [0.3, 0.4) is 0 Å². The van der Waals surface area contributed by atoms with Crippen molar-refractivity contribution in [1.82, 2.24) is 4.57 Å². The van der Waals surface area contributed by atoms with Crippen LogP contribution in [0.4, 0.5) is 0 Å². The maximum Gasteiger partial charge on any atom is 0.0540 e. The van der Waals surface area contributed by atoms with Crippen molar-refractivity contribution in [2.45, 2.75) is 77.5 Å². The Balaban J connectivity index is 1.55. The molecule has 0 spiro atoms. The van der Waals surface area contributed by atoms with Crippen molar-refractivity contribution in [2.24, 2.45) is 0 Å². The molecule has 1 nitrogen and oxygen atoms in total. The van der Waals surface area contributed by atoms with Gasteiger partial charge in [-0.1, -0.05) is 69.0 Å². The maximum atomic E-state index is 5.25. The van der Waals surface area contributed by atoms with Gasteiger partial charge in [-0.2, -0.15) is 0 Å². The van der Waals surface area contributed by atoms with Gasteiger partial charge in [0.1, 0.15) is 0 Å². The zero-order chi connectivity index (χ0) is 28.8. The van der Waals surface area contributed by atoms with Crippen LogP contribution < -0.4 is 0 Å². The standard InChI is InChI=1S/C39H41NS/c1-7-31-27(6)38(25(4)20-28-14-9-8-10-15-28)39(41)37(24(2)3)34(31)21-26(5)40-35-19-12-11-18-32(35)33-22-29-16-13-17-30(29)23-36(33)40/h8-10,12-15,17,19,21-23,25,41H,2,7,11,16,18,20H2,1,3-6H3/b26-21+. The molecule has 1 aromatic heterocycles. The number of nitrogens with zero attached hydrogens (tertiary/aromatic N) is 1. The molecule has 0 N–H and O–H groups in total. The van der Waals surface area contributed by atoms with Gasteiger partial charge in [-0.25, -0.2) is 0 Å². The van der Waals surface area contributed by atoms with Crippen LogP contribution in [0, 0.1) is 6.92 Å². The summed E-state index contributed by atoms with van der Waals surface area (Å²) in [7, 11) is 0. The van der Waals surface area contributed by atoms with Gasteiger partial charge < -0.3 is 4.57 Å². The SMILES string of the molecule is C=C(C)c1c(S)c(C(C)Cc2ccccc2)c(C)c(CC)c1/C=C(\C)n1c2c(c3cc4c(cc31)C=CC4)CCC=C2. The molecule has 0 amide bonds. The zero-order valence-electron chi connectivity index (χ0n) is 25.1. The molecular formula is C39H41NS. The normalized spacial score (nSPS) is 14.9. The lowest BCUT2D eigenvalue weighted by Crippen LogP contribution is -2.10. The highest BCUT2D eigenvalue weighted by atomic mass is 32.1. The van der Waals surface area contributed by atoms with Crippen LogP contribution in [0.2, 0.25) is 0 Å². The maximum absolute atomic E-state index is 5.25. The Hall–Kier alpha value is -3.49. The second-order valence-electron chi connectivity index (χ2n) is 12.0. The average Bonchev–Trinajstić information content (AvgIpc) is 3.54. The van der Waals surface area contributed by atoms with E-state index in [2.05, 4.69) is 119 Å². The van der Waals surface area contributed by atoms with Gasteiger partial charge in [0.15, 0.2) is 0 Å². The molecule has 6 rings (SSSR count). The number of hydrogen-bond donors (Lipinski definition) is 1. The van der Waals surface area contributed by atoms with Crippen molar-refractivity contribution in [3.63, 3.8) is 0 Å². The Morgan fingerprint density at radius 3 is 2.61 bits per heavy atom. The molecule has 2 aliphatic rings. The van der Waals surface area contributed by atoms with Crippen LogP contribution in [0.1, 0.15) is 95.8 Å². The zero-order valence-corrected chi connectivity index (χ0v) is 26.0. The first kappa shape index (κ1) is 27.7. The summed E-state index contributed by atoms with van der Waals surface area (Å²) in [5.74, 6) is 0.355. The summed E-state index contributed by atoms with van der Waals surface area (Å²) in [5, 5.41) is 1.41. The van der Waals surface area contributed by atoms with E-state index >= 15 is 0 Å². The molecule has 0 fully saturated rings. The second-order valence-corrected chi connectivity index (χ2v) is 12.4. The molecule has 4 aromatic rings. The third-order valence-electron chi connectivity index (χ3n) is 9.15. The Morgan fingerprint density at radius 2 is 1.88 bits per heavy atom. The molecule has 1 atom stereocenters. The average molecular weight is 556 g/mol. The summed E-state index contributed by atoms with van der Waals surface area (Å²) >= 11 is 5.25. The van der Waals surface area contributed by atoms with Crippen LogP contribution in [0.5, 0.6) is 0 Å². The minimum absolute atomic E-state index is 0.355. The fraction of sp³-hybridized carbons (Fsp3) is 0.282. The summed E-state index contributed by atoms with van der Waals surface area (Å²) < 4.78 is 2.49. The minimum Gasteiger partial charge on any atom is -0.314 e. The third-order valence-corrected chi connectivity index (χ3v) is 9.62. The van der Waals surface area contributed by atoms with E-state index in [4.69, 9.17) is 12.6 Å². The first-order valence-electron chi connectivity index (χ1n) is 15.1. The Labute approximate surface area is 251 Å². The summed E-state index contributed by atoms with van der Waals surface area (Å²) in [4.78, 5) is 1.08. The number of hydrogen-bond acceptors (Lipinski definition) is 1. The van der Waals surface area contributed by atoms with E-state index in [-0.39, 0.29) is 0 Å². The van der Waals surface area contributed by atoms with Crippen molar-refractivity contribution in [3.05, 3.63) is 117 Å². The molecular weight excluding hydrogens is 515 g/mol. The highest BCUT2D eigenvalue weighted by Gasteiger charge is 2.24. The van der Waals surface area contributed by atoms with Crippen LogP contribution in [0.25, 0.3) is 40.4 Å². The molecule has 0 radical (unpaired) electrons. The predicted octanol–water partition coefficient (Wildman–Crippen LogP) is 10.7. The fourth-order valence-corrected chi connectivity index (χ4v) is 8.01. The molecule has 0 aliphatic heterocycles. The molecule has 41 heavy (non-hydrogen) atoms. The van der Waals surface area contributed by atoms with Crippen LogP contribution in [-0.2, 0) is 25.7 Å². The number of thiol groups is 1. The molecule has 0 saturated heterocycles. The van der Waals surface area contributed by atoms with Gasteiger partial charge in [-0.15, -0.1) is 12.6 Å². The Morgan fingerprint density at radius 1 is 1.10 bits per heavy atom. The number of fused-ring (bicyclic) bond motifs is 4. The minimum atomic E-state index is 0.355. The van der Waals surface area contributed by atoms with Crippen molar-refractivity contribution >= 4 is 53.0 Å². The molecule has 2 heteroatoms. The van der Waals surface area contributed by atoms with E-state index in [9.17, 15) is 0 Å². The van der Waals surface area contributed by atoms with Gasteiger partial charge in [-0.3, -0.25) is 0 Å². The van der Waals surface area contributed by atoms with E-state index in [1.807, 2.05) is 0 Å². The summed E-state index contributed by atoms with van der Waals surface area (Å²) in [5.41, 5.74) is 17.2. The monoisotopic (exact) mass is 555 g/mol. The van der Waals surface area contributed by atoms with E-state index in [1.165, 1.54) is 72.4 Å². The van der Waals surface area contributed by atoms with E-state index in [1.54, 1.807) is 0 Å². The molecule has 2 aliphatic carbocycles. The van der Waals surface area contributed by atoms with Gasteiger partial charge in [-0.05, 0) is 139 Å². The van der Waals surface area contributed by atoms with E-state index in [0.29, 0.717) is 5.92 Å². The summed E-state index contributed by atoms with van der Waals surface area (Å²) in [6.45, 7) is 15.8. The third kappa shape index (κ3) is 4.77. The Bertz CT molecular complexity index is 1770. The van der Waals surface area contributed by atoms with Crippen molar-refractivity contribution in [2.75, 3.05) is 0 Å². The molecule has 1 unspecified atom stereocenters. The van der Waals surface area contributed by atoms with Gasteiger partial charge in [0.25, 0.3) is 0 Å². The lowest BCUT2D eigenvalue weighted by Gasteiger charge is -2.26. The molecule has 208 valence electrons. The molecule has 0 bridgehead atoms. The lowest BCUT2D eigenvalue weighted by molar-refractivity contribution is 0.732. The highest BCUT2D eigenvalue weighted by molar-refractivity contribution is 7.80. The molecule has 0 saturated carbocycles. The van der Waals surface area contributed by atoms with Crippen LogP contribution in [-0.4, -0.2) is 4.57 Å². The summed E-state index contributed by atoms with van der Waals surface area (Å²) in [6, 6.07) is 15.7. The Kier molecular flexibility index (Phi) is 7.47. The molecule has 3 aromatic carbocycles. The van der Waals surface area contributed by atoms with Gasteiger partial charge in [0.2, 0.25) is 0 Å². The highest BCUT2D eigenvalue weighted by Crippen LogP contribution is 2.42. The van der Waals surface area contributed by atoms with Crippen molar-refractivity contribution in [3.8, 4) is 0 Å². The van der Waals surface area contributed by atoms with Gasteiger partial charge in [0.05, 0.1) is 5.52 Å². The van der Waals surface area contributed by atoms with Crippen molar-refractivity contribution in [1.29, 1.82) is 0 Å². The van der Waals surface area contributed by atoms with Crippen LogP contribution >= 0.6 is 12.6 Å². The lowest BCUT2D eigenvalue weighted by atomic mass is 9.82. The number of aryl methyl sites for hydroxylation is 1. The molecule has 1 heterocycles. The van der Waals surface area contributed by atoms with Crippen LogP contribution in [0.15, 0.2) is 66.1 Å². The van der Waals surface area contributed by atoms with Gasteiger partial charge >= 0.3 is 0 Å². The topological polar surface area (TPSA) is 4.93 Å². The summed E-state index contributed by atoms with van der Waals surface area (Å²) in [6.07, 6.45) is 16.8. The number of allylic oxidation sites excluding steroid dienone is 4. The first-order chi connectivity index (χ1) is 19.8. The van der Waals surface area contributed by atoms with E-state index < -0.39 is 0 Å². The number of rotatable bonds is 7. The van der Waals surface area contributed by atoms with Crippen molar-refractivity contribution < 1.29 is 0 Å². The largest absolute Gasteiger partial charge is 0.314 e. The smallest absolute Gasteiger partial charge is 0.0540 e. The predicted molar refractivity (Wildman–Crippen MR) is 183 cm³/mol. The quantitative estimate of drug-likeness (QED) is 0.216. The number of benzene rings is 3. The van der Waals surface area contributed by atoms with Gasteiger partial charge in [0, 0.05) is 21.7 Å². The number of aromatic nitrogens is 1. The fourth-order valence-electron chi connectivity index (χ4n) is 7.31. The van der Waals surface area contributed by atoms with E-state index in [0.717, 1.165) is 42.6 Å².